The predicted octanol–water partition coefficient (Wildman–Crippen LogP) is 5.05. The van der Waals surface area contributed by atoms with Crippen LogP contribution in [0.2, 0.25) is 5.15 Å². The smallest absolute Gasteiger partial charge is 0.187 e. The van der Waals surface area contributed by atoms with Crippen LogP contribution in [0.5, 0.6) is 0 Å². The fraction of sp³-hybridized carbons (Fsp3) is 0.0714. The Morgan fingerprint density at radius 3 is 2.86 bits per heavy atom. The van der Waals surface area contributed by atoms with Crippen LogP contribution in [0.25, 0.3) is 10.9 Å². The minimum absolute atomic E-state index is 0.150. The van der Waals surface area contributed by atoms with E-state index in [2.05, 4.69) is 36.2 Å². The molecule has 0 aliphatic heterocycles. The molecule has 2 aromatic heterocycles. The second-order valence-electron chi connectivity index (χ2n) is 4.32. The molecule has 4 nitrogen and oxygen atoms in total. The Hall–Kier alpha value is -1.44. The zero-order valence-corrected chi connectivity index (χ0v) is 14.4. The number of benzene rings is 1. The molecule has 112 valence electrons. The lowest BCUT2D eigenvalue weighted by atomic mass is 10.2. The maximum atomic E-state index is 14.2. The lowest BCUT2D eigenvalue weighted by Crippen LogP contribution is -2.00. The maximum absolute atomic E-state index is 14.2. The minimum atomic E-state index is -0.644. The minimum Gasteiger partial charge on any atom is -0.340 e. The highest BCUT2D eigenvalue weighted by atomic mass is 79.9. The van der Waals surface area contributed by atoms with Crippen molar-refractivity contribution in [2.75, 3.05) is 11.6 Å². The van der Waals surface area contributed by atoms with Gasteiger partial charge >= 0.3 is 0 Å². The molecule has 0 fully saturated rings. The molecule has 3 aromatic rings. The Morgan fingerprint density at radius 1 is 1.32 bits per heavy atom. The first kappa shape index (κ1) is 15.5. The van der Waals surface area contributed by atoms with Crippen molar-refractivity contribution in [1.82, 2.24) is 15.0 Å². The second-order valence-corrected chi connectivity index (χ2v) is 6.37. The average Bonchev–Trinajstić information content (AvgIpc) is 2.52. The number of halogens is 3. The van der Waals surface area contributed by atoms with Crippen LogP contribution in [0.4, 0.5) is 15.9 Å². The van der Waals surface area contributed by atoms with Crippen LogP contribution in [0.3, 0.4) is 0 Å². The lowest BCUT2D eigenvalue weighted by molar-refractivity contribution is 0.630. The molecule has 0 saturated heterocycles. The second kappa shape index (κ2) is 6.36. The number of fused-ring (bicyclic) bond motifs is 1. The summed E-state index contributed by atoms with van der Waals surface area (Å²) in [5, 5.41) is 3.83. The number of hydrogen-bond donors (Lipinski definition) is 1. The van der Waals surface area contributed by atoms with E-state index in [1.807, 2.05) is 30.5 Å². The first-order valence-corrected chi connectivity index (χ1v) is 8.56. The first-order valence-electron chi connectivity index (χ1n) is 6.17. The van der Waals surface area contributed by atoms with Gasteiger partial charge in [-0.25, -0.2) is 19.3 Å². The van der Waals surface area contributed by atoms with E-state index in [1.54, 1.807) is 6.20 Å². The number of hydrogen-bond acceptors (Lipinski definition) is 5. The molecule has 3 rings (SSSR count). The molecule has 0 spiro atoms. The van der Waals surface area contributed by atoms with E-state index in [0.29, 0.717) is 16.4 Å². The third-order valence-electron chi connectivity index (χ3n) is 2.89. The van der Waals surface area contributed by atoms with E-state index in [4.69, 9.17) is 11.6 Å². The van der Waals surface area contributed by atoms with Crippen LogP contribution in [0, 0.1) is 5.82 Å². The van der Waals surface area contributed by atoms with Gasteiger partial charge in [-0.15, -0.1) is 0 Å². The van der Waals surface area contributed by atoms with Gasteiger partial charge in [-0.3, -0.25) is 0 Å². The first-order chi connectivity index (χ1) is 10.6. The van der Waals surface area contributed by atoms with Gasteiger partial charge in [0.1, 0.15) is 11.3 Å². The Labute approximate surface area is 143 Å². The topological polar surface area (TPSA) is 50.7 Å². The van der Waals surface area contributed by atoms with Crippen molar-refractivity contribution in [2.45, 2.75) is 5.16 Å². The molecule has 0 radical (unpaired) electrons. The van der Waals surface area contributed by atoms with Gasteiger partial charge in [-0.05, 0) is 24.5 Å². The summed E-state index contributed by atoms with van der Waals surface area (Å²) in [6, 6.07) is 7.53. The predicted molar refractivity (Wildman–Crippen MR) is 91.5 cm³/mol. The van der Waals surface area contributed by atoms with Crippen molar-refractivity contribution < 1.29 is 4.39 Å². The zero-order chi connectivity index (χ0) is 15.7. The summed E-state index contributed by atoms with van der Waals surface area (Å²) in [5.41, 5.74) is 0.941. The maximum Gasteiger partial charge on any atom is 0.187 e. The van der Waals surface area contributed by atoms with E-state index >= 15 is 0 Å². The van der Waals surface area contributed by atoms with Gasteiger partial charge in [0, 0.05) is 16.4 Å². The summed E-state index contributed by atoms with van der Waals surface area (Å²) in [4.78, 5) is 12.4. The highest BCUT2D eigenvalue weighted by Gasteiger charge is 2.15. The van der Waals surface area contributed by atoms with Crippen LogP contribution in [-0.2, 0) is 0 Å². The van der Waals surface area contributed by atoms with Gasteiger partial charge in [0.15, 0.2) is 16.1 Å². The standard InChI is InChI=1S/C14H9BrClFN4S/c1-22-14-18-6-9-11(20-14)10(17)12(16)21-13(9)19-8-4-2-3-7(15)5-8/h2-6H,1H3,(H,19,21). The van der Waals surface area contributed by atoms with E-state index in [0.717, 1.165) is 10.2 Å². The average molecular weight is 400 g/mol. The third kappa shape index (κ3) is 3.02. The van der Waals surface area contributed by atoms with Gasteiger partial charge in [-0.1, -0.05) is 45.4 Å². The Balaban J connectivity index is 2.15. The lowest BCUT2D eigenvalue weighted by Gasteiger charge is -2.10. The zero-order valence-electron chi connectivity index (χ0n) is 11.3. The SMILES string of the molecule is CSc1ncc2c(Nc3cccc(Br)c3)nc(Cl)c(F)c2n1. The van der Waals surface area contributed by atoms with Gasteiger partial charge in [0.2, 0.25) is 0 Å². The Morgan fingerprint density at radius 2 is 2.14 bits per heavy atom. The molecule has 2 heterocycles. The normalized spacial score (nSPS) is 10.9. The van der Waals surface area contributed by atoms with Crippen LogP contribution in [-0.4, -0.2) is 21.2 Å². The Kier molecular flexibility index (Phi) is 4.46. The van der Waals surface area contributed by atoms with Gasteiger partial charge in [0.05, 0.1) is 5.39 Å². The van der Waals surface area contributed by atoms with Crippen molar-refractivity contribution in [1.29, 1.82) is 0 Å². The van der Waals surface area contributed by atoms with Crippen LogP contribution < -0.4 is 5.32 Å². The Bertz CT molecular complexity index is 862. The monoisotopic (exact) mass is 398 g/mol. The number of thioether (sulfide) groups is 1. The summed E-state index contributed by atoms with van der Waals surface area (Å²) in [7, 11) is 0. The number of anilines is 2. The van der Waals surface area contributed by atoms with Crippen molar-refractivity contribution in [3.05, 3.63) is 45.9 Å². The molecule has 0 bridgehead atoms. The third-order valence-corrected chi connectivity index (χ3v) is 4.20. The van der Waals surface area contributed by atoms with Crippen LogP contribution >= 0.6 is 39.3 Å². The fourth-order valence-corrected chi connectivity index (χ4v) is 2.82. The van der Waals surface area contributed by atoms with Gasteiger partial charge < -0.3 is 5.32 Å². The van der Waals surface area contributed by atoms with Crippen molar-refractivity contribution in [3.8, 4) is 0 Å². The number of pyridine rings is 1. The highest BCUT2D eigenvalue weighted by molar-refractivity contribution is 9.10. The molecule has 0 aliphatic rings. The van der Waals surface area contributed by atoms with Gasteiger partial charge in [-0.2, -0.15) is 0 Å². The summed E-state index contributed by atoms with van der Waals surface area (Å²) >= 11 is 10.6. The van der Waals surface area contributed by atoms with Crippen LogP contribution in [0.15, 0.2) is 40.1 Å². The summed E-state index contributed by atoms with van der Waals surface area (Å²) in [5.74, 6) is -0.235. The molecular formula is C14H9BrClFN4S. The molecule has 0 unspecified atom stereocenters. The van der Waals surface area contributed by atoms with Crippen molar-refractivity contribution in [2.24, 2.45) is 0 Å². The fourth-order valence-electron chi connectivity index (χ4n) is 1.91. The molecule has 1 aromatic carbocycles. The quantitative estimate of drug-likeness (QED) is 0.380. The molecule has 22 heavy (non-hydrogen) atoms. The number of nitrogens with one attached hydrogen (secondary N) is 1. The summed E-state index contributed by atoms with van der Waals surface area (Å²) in [6.07, 6.45) is 3.36. The van der Waals surface area contributed by atoms with Gasteiger partial charge in [0.25, 0.3) is 0 Å². The number of rotatable bonds is 3. The summed E-state index contributed by atoms with van der Waals surface area (Å²) in [6.45, 7) is 0. The van der Waals surface area contributed by atoms with Crippen molar-refractivity contribution in [3.63, 3.8) is 0 Å². The summed E-state index contributed by atoms with van der Waals surface area (Å²) < 4.78 is 15.1. The molecular weight excluding hydrogens is 391 g/mol. The molecule has 0 aliphatic carbocycles. The van der Waals surface area contributed by atoms with E-state index in [-0.39, 0.29) is 10.7 Å². The van der Waals surface area contributed by atoms with E-state index in [1.165, 1.54) is 11.8 Å². The highest BCUT2D eigenvalue weighted by Crippen LogP contribution is 2.30. The molecule has 1 N–H and O–H groups in total. The molecule has 0 saturated carbocycles. The number of aromatic nitrogens is 3. The van der Waals surface area contributed by atoms with Crippen LogP contribution in [0.1, 0.15) is 0 Å². The number of nitrogens with zero attached hydrogens (tertiary/aromatic N) is 3. The molecule has 0 atom stereocenters. The van der Waals surface area contributed by atoms with E-state index < -0.39 is 5.82 Å². The van der Waals surface area contributed by atoms with E-state index in [9.17, 15) is 4.39 Å². The molecule has 8 heteroatoms. The largest absolute Gasteiger partial charge is 0.340 e. The van der Waals surface area contributed by atoms with Crippen molar-refractivity contribution >= 4 is 61.7 Å². The molecule has 0 amide bonds.